The molecular weight excluding hydrogens is 240 g/mol. The zero-order valence-corrected chi connectivity index (χ0v) is 10.6. The molecule has 0 fully saturated rings. The van der Waals surface area contributed by atoms with Crippen molar-refractivity contribution in [3.8, 4) is 0 Å². The Balaban J connectivity index is 2.31. The van der Waals surface area contributed by atoms with E-state index in [1.165, 1.54) is 11.3 Å². The first-order chi connectivity index (χ1) is 7.99. The Morgan fingerprint density at radius 1 is 1.41 bits per heavy atom. The molecule has 0 spiro atoms. The molecule has 94 valence electrons. The highest BCUT2D eigenvalue weighted by atomic mass is 32.1. The van der Waals surface area contributed by atoms with E-state index >= 15 is 0 Å². The minimum absolute atomic E-state index is 0.0809. The van der Waals surface area contributed by atoms with Crippen LogP contribution in [0.5, 0.6) is 0 Å². The molecule has 0 bridgehead atoms. The Labute approximate surface area is 104 Å². The van der Waals surface area contributed by atoms with Crippen molar-refractivity contribution < 1.29 is 14.7 Å². The molecule has 0 aliphatic heterocycles. The number of carbonyl (C=O) groups excluding carboxylic acids is 2. The van der Waals surface area contributed by atoms with Gasteiger partial charge in [0.05, 0.1) is 17.5 Å². The van der Waals surface area contributed by atoms with E-state index in [-0.39, 0.29) is 24.9 Å². The van der Waals surface area contributed by atoms with Gasteiger partial charge < -0.3 is 15.7 Å². The summed E-state index contributed by atoms with van der Waals surface area (Å²) in [4.78, 5) is 24.5. The van der Waals surface area contributed by atoms with E-state index in [4.69, 9.17) is 5.11 Å². The zero-order valence-electron chi connectivity index (χ0n) is 9.82. The van der Waals surface area contributed by atoms with Gasteiger partial charge in [-0.3, -0.25) is 9.59 Å². The van der Waals surface area contributed by atoms with E-state index in [9.17, 15) is 9.59 Å². The van der Waals surface area contributed by atoms with Crippen molar-refractivity contribution >= 4 is 23.2 Å². The fourth-order valence-electron chi connectivity index (χ4n) is 1.13. The van der Waals surface area contributed by atoms with Crippen LogP contribution in [0.4, 0.5) is 0 Å². The summed E-state index contributed by atoms with van der Waals surface area (Å²) in [5.74, 6) is -0.567. The van der Waals surface area contributed by atoms with Gasteiger partial charge in [-0.25, -0.2) is 0 Å². The predicted molar refractivity (Wildman–Crippen MR) is 66.1 cm³/mol. The second-order valence-electron chi connectivity index (χ2n) is 3.75. The minimum Gasteiger partial charge on any atom is -0.392 e. The number of hydrogen-bond acceptors (Lipinski definition) is 4. The number of aliphatic hydroxyl groups is 1. The summed E-state index contributed by atoms with van der Waals surface area (Å²) in [6.45, 7) is 3.60. The highest BCUT2D eigenvalue weighted by Crippen LogP contribution is 2.14. The predicted octanol–water partition coefficient (Wildman–Crippen LogP) is 0.283. The number of hydrogen-bond donors (Lipinski definition) is 3. The van der Waals surface area contributed by atoms with Crippen molar-refractivity contribution in [1.29, 1.82) is 0 Å². The van der Waals surface area contributed by atoms with Crippen molar-refractivity contribution in [2.24, 2.45) is 0 Å². The van der Waals surface area contributed by atoms with Gasteiger partial charge in [0.1, 0.15) is 0 Å². The van der Waals surface area contributed by atoms with Crippen molar-refractivity contribution in [3.05, 3.63) is 21.9 Å². The number of amides is 2. The molecule has 17 heavy (non-hydrogen) atoms. The van der Waals surface area contributed by atoms with Crippen LogP contribution >= 0.6 is 11.3 Å². The maximum atomic E-state index is 11.6. The Kier molecular flexibility index (Phi) is 5.11. The molecule has 1 atom stereocenters. The average molecular weight is 256 g/mol. The van der Waals surface area contributed by atoms with Gasteiger partial charge in [-0.05, 0) is 26.0 Å². The quantitative estimate of drug-likeness (QED) is 0.708. The lowest BCUT2D eigenvalue weighted by Gasteiger charge is -2.07. The van der Waals surface area contributed by atoms with Crippen LogP contribution in [0.3, 0.4) is 0 Å². The fourth-order valence-corrected chi connectivity index (χ4v) is 1.91. The molecular formula is C11H16N2O3S. The monoisotopic (exact) mass is 256 g/mol. The zero-order chi connectivity index (χ0) is 12.8. The summed E-state index contributed by atoms with van der Waals surface area (Å²) in [5.41, 5.74) is 0. The molecule has 0 saturated heterocycles. The largest absolute Gasteiger partial charge is 0.392 e. The molecule has 0 aliphatic carbocycles. The molecule has 1 aromatic heterocycles. The van der Waals surface area contributed by atoms with Gasteiger partial charge >= 0.3 is 0 Å². The molecule has 5 nitrogen and oxygen atoms in total. The number of rotatable bonds is 5. The first-order valence-corrected chi connectivity index (χ1v) is 6.10. The third-order valence-corrected chi connectivity index (χ3v) is 2.97. The summed E-state index contributed by atoms with van der Waals surface area (Å²) in [7, 11) is 0. The molecule has 6 heteroatoms. The van der Waals surface area contributed by atoms with Gasteiger partial charge in [-0.1, -0.05) is 0 Å². The van der Waals surface area contributed by atoms with Gasteiger partial charge in [0.2, 0.25) is 5.91 Å². The maximum absolute atomic E-state index is 11.6. The van der Waals surface area contributed by atoms with Crippen molar-refractivity contribution in [2.45, 2.75) is 20.0 Å². The van der Waals surface area contributed by atoms with Crippen molar-refractivity contribution in [3.63, 3.8) is 0 Å². The summed E-state index contributed by atoms with van der Waals surface area (Å²) in [5, 5.41) is 14.0. The normalized spacial score (nSPS) is 11.9. The van der Waals surface area contributed by atoms with Gasteiger partial charge in [0.15, 0.2) is 0 Å². The van der Waals surface area contributed by atoms with Crippen LogP contribution in [0.15, 0.2) is 12.1 Å². The van der Waals surface area contributed by atoms with E-state index in [0.717, 1.165) is 4.88 Å². The Bertz CT molecular complexity index is 401. The minimum atomic E-state index is -0.588. The Morgan fingerprint density at radius 2 is 2.12 bits per heavy atom. The first kappa shape index (κ1) is 13.7. The summed E-state index contributed by atoms with van der Waals surface area (Å²) < 4.78 is 0. The third kappa shape index (κ3) is 4.97. The lowest BCUT2D eigenvalue weighted by atomic mass is 10.4. The molecule has 0 unspecified atom stereocenters. The molecule has 1 rings (SSSR count). The number of thiophene rings is 1. The number of carbonyl (C=O) groups is 2. The lowest BCUT2D eigenvalue weighted by Crippen LogP contribution is -2.39. The smallest absolute Gasteiger partial charge is 0.261 e. The molecule has 1 heterocycles. The standard InChI is InChI=1S/C11H16N2O3S/c1-7(14)5-12-10(15)6-13-11(16)9-4-3-8(2)17-9/h3-4,7,14H,5-6H2,1-2H3,(H,12,15)(H,13,16)/t7-/m0/s1. The number of nitrogens with one attached hydrogen (secondary N) is 2. The van der Waals surface area contributed by atoms with Gasteiger partial charge in [-0.2, -0.15) is 0 Å². The van der Waals surface area contributed by atoms with E-state index in [1.807, 2.05) is 13.0 Å². The summed E-state index contributed by atoms with van der Waals surface area (Å²) in [6, 6.07) is 3.58. The van der Waals surface area contributed by atoms with E-state index in [1.54, 1.807) is 13.0 Å². The number of aryl methyl sites for hydroxylation is 1. The van der Waals surface area contributed by atoms with Crippen LogP contribution in [-0.4, -0.2) is 36.1 Å². The van der Waals surface area contributed by atoms with Crippen molar-refractivity contribution in [2.75, 3.05) is 13.1 Å². The van der Waals surface area contributed by atoms with Gasteiger partial charge in [0, 0.05) is 11.4 Å². The molecule has 1 aromatic rings. The van der Waals surface area contributed by atoms with Crippen LogP contribution in [0.2, 0.25) is 0 Å². The summed E-state index contributed by atoms with van der Waals surface area (Å²) in [6.07, 6.45) is -0.588. The summed E-state index contributed by atoms with van der Waals surface area (Å²) >= 11 is 1.38. The highest BCUT2D eigenvalue weighted by molar-refractivity contribution is 7.13. The van der Waals surface area contributed by atoms with Crippen LogP contribution < -0.4 is 10.6 Å². The molecule has 2 amide bonds. The molecule has 3 N–H and O–H groups in total. The number of aliphatic hydroxyl groups excluding tert-OH is 1. The van der Waals surface area contributed by atoms with Gasteiger partial charge in [-0.15, -0.1) is 11.3 Å². The van der Waals surface area contributed by atoms with E-state index < -0.39 is 6.10 Å². The SMILES string of the molecule is Cc1ccc(C(=O)NCC(=O)NC[C@H](C)O)s1. The Morgan fingerprint density at radius 3 is 2.65 bits per heavy atom. The highest BCUT2D eigenvalue weighted by Gasteiger charge is 2.09. The fraction of sp³-hybridized carbons (Fsp3) is 0.455. The van der Waals surface area contributed by atoms with E-state index in [2.05, 4.69) is 10.6 Å². The second kappa shape index (κ2) is 6.36. The molecule has 0 aliphatic rings. The van der Waals surface area contributed by atoms with Crippen molar-refractivity contribution in [1.82, 2.24) is 10.6 Å². The van der Waals surface area contributed by atoms with Crippen LogP contribution in [0, 0.1) is 6.92 Å². The van der Waals surface area contributed by atoms with Crippen LogP contribution in [0.1, 0.15) is 21.5 Å². The maximum Gasteiger partial charge on any atom is 0.261 e. The third-order valence-electron chi connectivity index (χ3n) is 1.97. The van der Waals surface area contributed by atoms with Crippen LogP contribution in [-0.2, 0) is 4.79 Å². The topological polar surface area (TPSA) is 78.4 Å². The Hall–Kier alpha value is -1.40. The first-order valence-electron chi connectivity index (χ1n) is 5.28. The van der Waals surface area contributed by atoms with Gasteiger partial charge in [0.25, 0.3) is 5.91 Å². The average Bonchev–Trinajstić information content (AvgIpc) is 2.70. The van der Waals surface area contributed by atoms with Crippen LogP contribution in [0.25, 0.3) is 0 Å². The molecule has 0 saturated carbocycles. The lowest BCUT2D eigenvalue weighted by molar-refractivity contribution is -0.120. The second-order valence-corrected chi connectivity index (χ2v) is 5.03. The molecule has 0 radical (unpaired) electrons. The molecule has 0 aromatic carbocycles. The van der Waals surface area contributed by atoms with E-state index in [0.29, 0.717) is 4.88 Å².